The van der Waals surface area contributed by atoms with Crippen molar-refractivity contribution >= 4 is 89.6 Å². The first kappa shape index (κ1) is 98.4. The van der Waals surface area contributed by atoms with Gasteiger partial charge in [-0.25, -0.2) is 19.9 Å². The Kier molecular flexibility index (Phi) is 32.7. The van der Waals surface area contributed by atoms with Crippen molar-refractivity contribution in [1.29, 1.82) is 0 Å². The van der Waals surface area contributed by atoms with Gasteiger partial charge in [-0.2, -0.15) is 20.4 Å². The Morgan fingerprint density at radius 2 is 0.691 bits per heavy atom. The lowest BCUT2D eigenvalue weighted by Crippen LogP contribution is -2.39. The fraction of sp³-hybridized carbons (Fsp3) is 0.318. The maximum absolute atomic E-state index is 9.60. The largest absolute Gasteiger partial charge is 0.497 e. The van der Waals surface area contributed by atoms with Gasteiger partial charge in [-0.1, -0.05) is 19.9 Å². The summed E-state index contributed by atoms with van der Waals surface area (Å²) in [6.07, 6.45) is 30.5. The highest BCUT2D eigenvalue weighted by atomic mass is 16.5. The zero-order valence-corrected chi connectivity index (χ0v) is 82.2. The number of hydrogen-bond donors (Lipinski definition) is 2. The normalized spacial score (nSPS) is 12.3. The molecule has 0 atom stereocenters. The first-order valence-electron chi connectivity index (χ1n) is 46.7. The van der Waals surface area contributed by atoms with Crippen molar-refractivity contribution < 1.29 is 38.6 Å². The molecule has 17 aromatic rings. The lowest BCUT2D eigenvalue weighted by molar-refractivity contribution is 0.174. The second-order valence-electron chi connectivity index (χ2n) is 35.1. The smallest absolute Gasteiger partial charge is 0.124 e. The van der Waals surface area contributed by atoms with Crippen LogP contribution in [0.25, 0.3) is 89.2 Å². The molecule has 139 heavy (non-hydrogen) atoms. The molecule has 8 aromatic carbocycles. The Balaban J connectivity index is 0.000000140. The number of pyridine rings is 1. The van der Waals surface area contributed by atoms with E-state index in [4.69, 9.17) is 48.4 Å². The maximum atomic E-state index is 9.60. The average molecular weight is 1870 g/mol. The van der Waals surface area contributed by atoms with Gasteiger partial charge < -0.3 is 63.1 Å². The predicted molar refractivity (Wildman–Crippen MR) is 550 cm³/mol. The van der Waals surface area contributed by atoms with Crippen LogP contribution in [0.15, 0.2) is 244 Å². The number of hydrogen-bond acceptors (Lipinski definition) is 28. The van der Waals surface area contributed by atoms with Crippen LogP contribution in [0.2, 0.25) is 0 Å². The van der Waals surface area contributed by atoms with Crippen molar-refractivity contribution in [1.82, 2.24) is 98.7 Å². The number of aromatic nitrogens is 17. The van der Waals surface area contributed by atoms with Crippen LogP contribution in [-0.2, 0) is 47.8 Å². The van der Waals surface area contributed by atoms with Gasteiger partial charge >= 0.3 is 0 Å². The molecule has 32 nitrogen and oxygen atoms in total. The van der Waals surface area contributed by atoms with Crippen LogP contribution in [0, 0.1) is 0 Å². The third-order valence-electron chi connectivity index (χ3n) is 24.5. The van der Waals surface area contributed by atoms with E-state index in [1.807, 2.05) is 177 Å². The van der Waals surface area contributed by atoms with E-state index >= 15 is 0 Å². The van der Waals surface area contributed by atoms with Crippen LogP contribution < -0.4 is 48.0 Å². The van der Waals surface area contributed by atoms with Crippen molar-refractivity contribution in [3.8, 4) is 79.5 Å². The summed E-state index contributed by atoms with van der Waals surface area (Å²) in [4.78, 5) is 58.3. The van der Waals surface area contributed by atoms with Gasteiger partial charge in [0.1, 0.15) is 34.5 Å². The van der Waals surface area contributed by atoms with Gasteiger partial charge in [-0.15, -0.1) is 0 Å². The molecular weight excluding hydrogens is 1750 g/mol. The molecule has 2 N–H and O–H groups in total. The van der Waals surface area contributed by atoms with Gasteiger partial charge in [0, 0.05) is 246 Å². The number of fused-ring (bicyclic) bond motifs is 4. The molecular formula is C107H124N24O8. The van der Waals surface area contributed by atoms with Crippen molar-refractivity contribution in [2.24, 2.45) is 28.2 Å². The number of anilines is 8. The molecule has 18 rings (SSSR count). The lowest BCUT2D eigenvalue weighted by Gasteiger charge is -2.33. The topological polar surface area (TPSA) is 306 Å². The van der Waals surface area contributed by atoms with E-state index in [0.717, 1.165) is 214 Å². The first-order valence-corrected chi connectivity index (χ1v) is 46.7. The summed E-state index contributed by atoms with van der Waals surface area (Å²) in [7, 11) is 21.7. The molecule has 0 amide bonds. The highest BCUT2D eigenvalue weighted by Crippen LogP contribution is 2.41. The molecule has 9 aromatic heterocycles. The van der Waals surface area contributed by atoms with Crippen LogP contribution in [0.4, 0.5) is 45.5 Å². The van der Waals surface area contributed by atoms with Crippen molar-refractivity contribution in [3.05, 3.63) is 261 Å². The van der Waals surface area contributed by atoms with E-state index in [1.165, 1.54) is 24.9 Å². The Labute approximate surface area is 811 Å². The number of ether oxygens (including phenoxy) is 6. The zero-order valence-electron chi connectivity index (χ0n) is 82.2. The van der Waals surface area contributed by atoms with Gasteiger partial charge in [0.05, 0.1) is 159 Å². The second kappa shape index (κ2) is 46.2. The predicted octanol–water partition coefficient (Wildman–Crippen LogP) is 18.3. The van der Waals surface area contributed by atoms with Crippen LogP contribution in [-0.4, -0.2) is 230 Å². The molecule has 0 spiro atoms. The number of benzene rings is 8. The highest BCUT2D eigenvalue weighted by Gasteiger charge is 2.32. The molecule has 0 radical (unpaired) electrons. The molecule has 0 saturated carbocycles. The molecule has 0 unspecified atom stereocenters. The number of rotatable bonds is 36. The summed E-state index contributed by atoms with van der Waals surface area (Å²) >= 11 is 0. The SMILES string of the molecule is CCN(CC)Cc1cc(OC)cc(N(CCCO)c2ccc3ncc(-c4cnn(C)c4)nc3c2)c1.COc1cc(CN(C)C)cc(N(CCCO)c2ccc3ncc(-c4cnn(C)c4)nc3c2)c1.COc1cc(OC)cc(N(CCCN2CCCC2(C)C)c2ccc3ncc(-c4cnn(C)c4)nc3c2)c1.COc1cc(OC)cc(N(Cc2cccnc2)c2ccc3ncc(-c4cnn(C)c4)nc3c2)c1. The number of aliphatic hydroxyl groups excluding tert-OH is 2. The van der Waals surface area contributed by atoms with E-state index in [-0.39, 0.29) is 18.8 Å². The number of aliphatic hydroxyl groups is 2. The number of nitrogens with zero attached hydrogens (tertiary/aromatic N) is 24. The van der Waals surface area contributed by atoms with E-state index in [0.29, 0.717) is 44.0 Å². The molecule has 0 bridgehead atoms. The monoisotopic (exact) mass is 1870 g/mol. The highest BCUT2D eigenvalue weighted by molar-refractivity contribution is 5.87. The minimum absolute atomic E-state index is 0.115. The van der Waals surface area contributed by atoms with E-state index in [2.05, 4.69) is 174 Å². The van der Waals surface area contributed by atoms with Crippen molar-refractivity contribution in [2.45, 2.75) is 85.0 Å². The van der Waals surface area contributed by atoms with Gasteiger partial charge in [0.25, 0.3) is 0 Å². The number of aryl methyl sites for hydroxylation is 4. The van der Waals surface area contributed by atoms with Gasteiger partial charge in [-0.3, -0.25) is 53.4 Å². The molecule has 1 aliphatic heterocycles. The molecule has 720 valence electrons. The van der Waals surface area contributed by atoms with Crippen molar-refractivity contribution in [3.63, 3.8) is 0 Å². The minimum atomic E-state index is 0.115. The van der Waals surface area contributed by atoms with E-state index in [9.17, 15) is 10.2 Å². The third-order valence-corrected chi connectivity index (χ3v) is 24.5. The maximum Gasteiger partial charge on any atom is 0.124 e. The lowest BCUT2D eigenvalue weighted by atomic mass is 10.0. The summed E-state index contributed by atoms with van der Waals surface area (Å²) in [6.45, 7) is 17.9. The molecule has 1 aliphatic rings. The summed E-state index contributed by atoms with van der Waals surface area (Å²) in [5.41, 5.74) is 25.1. The standard InChI is InChI=1S/C29H36N6O2.C27H34N6O2.C26H24N6O2.C25H30N6O2/c1-29(2)10-6-11-34(29)12-7-13-35(23-14-24(36-4)17-25(15-23)37-5)22-8-9-26-27(16-22)32-28(19-30-26)21-18-31-33(3)20-21;1-5-32(6-2)18-20-12-23(14-24(13-20)35-4)33(10-7-11-34)22-8-9-25-26(15-22)30-27(17-28-25)21-16-29-31(3)19-21;1-31-17-19(14-29-31)26-15-28-24-7-6-20(11-25(24)30-26)32(16-18-5-4-8-27-13-18)21-9-22(33-2)12-23(10-21)34-3;1-29(2)16-18-10-21(12-22(11-18)33-4)31(8-5-9-32)20-6-7-23-24(13-20)28-25(15-26-23)19-14-27-30(3)17-19/h8-9,14-20H,6-7,10-13H2,1-5H3;8-9,12-17,19,34H,5-7,10-11,18H2,1-4H3;4-15,17H,16H2,1-3H3;6-7,10-15,17,32H,5,8-9,16H2,1-4H3. The van der Waals surface area contributed by atoms with Gasteiger partial charge in [0.15, 0.2) is 0 Å². The quantitative estimate of drug-likeness (QED) is 0.0368. The summed E-state index contributed by atoms with van der Waals surface area (Å²) in [6, 6.07) is 53.0. The van der Waals surface area contributed by atoms with Gasteiger partial charge in [0.2, 0.25) is 0 Å². The van der Waals surface area contributed by atoms with E-state index < -0.39 is 0 Å². The minimum Gasteiger partial charge on any atom is -0.497 e. The van der Waals surface area contributed by atoms with Crippen molar-refractivity contribution in [2.75, 3.05) is 135 Å². The molecule has 0 aliphatic carbocycles. The summed E-state index contributed by atoms with van der Waals surface area (Å²) in [5, 5.41) is 36.1. The van der Waals surface area contributed by atoms with Crippen LogP contribution >= 0.6 is 0 Å². The van der Waals surface area contributed by atoms with Crippen LogP contribution in [0.5, 0.6) is 34.5 Å². The summed E-state index contributed by atoms with van der Waals surface area (Å²) < 4.78 is 40.5. The summed E-state index contributed by atoms with van der Waals surface area (Å²) in [5.74, 6) is 4.57. The van der Waals surface area contributed by atoms with Crippen LogP contribution in [0.3, 0.4) is 0 Å². The number of methoxy groups -OCH3 is 6. The Bertz CT molecular complexity index is 6920. The first-order chi connectivity index (χ1) is 67.5. The Morgan fingerprint density at radius 1 is 0.353 bits per heavy atom. The molecule has 32 heteroatoms. The second-order valence-corrected chi connectivity index (χ2v) is 35.1. The molecule has 10 heterocycles. The van der Waals surface area contributed by atoms with Crippen LogP contribution in [0.1, 0.15) is 76.5 Å². The Hall–Kier alpha value is -15.1. The average Bonchev–Trinajstić information content (AvgIpc) is 1.76. The number of likely N-dealkylation sites (tertiary alicyclic amines) is 1. The van der Waals surface area contributed by atoms with E-state index in [1.54, 1.807) is 105 Å². The van der Waals surface area contributed by atoms with Gasteiger partial charge in [-0.05, 0) is 199 Å². The molecule has 1 saturated heterocycles. The Morgan fingerprint density at radius 3 is 1.00 bits per heavy atom. The molecule has 1 fully saturated rings. The fourth-order valence-corrected chi connectivity index (χ4v) is 17.1. The fourth-order valence-electron chi connectivity index (χ4n) is 17.1. The third kappa shape index (κ3) is 25.0. The zero-order chi connectivity index (χ0) is 97.6.